The van der Waals surface area contributed by atoms with Gasteiger partial charge in [0, 0.05) is 1.37 Å². The molecule has 0 radical (unpaired) electrons. The van der Waals surface area contributed by atoms with E-state index >= 15 is 0 Å². The first-order chi connectivity index (χ1) is 38.6. The lowest BCUT2D eigenvalue weighted by molar-refractivity contribution is 0.725. The molecule has 1 aliphatic carbocycles. The number of hydrogen-bond donors (Lipinski definition) is 0. The van der Waals surface area contributed by atoms with Crippen LogP contribution < -0.4 is 0 Å². The molecule has 362 valence electrons. The predicted molar refractivity (Wildman–Crippen MR) is 333 cm³/mol. The third kappa shape index (κ3) is 7.58. The van der Waals surface area contributed by atoms with E-state index in [9.17, 15) is 1.37 Å². The first-order valence-electron chi connectivity index (χ1n) is 27.9. The number of fused-ring (bicyclic) bond motifs is 16. The fraction of sp³-hybridized carbons (Fsp3) is 0.0649. The van der Waals surface area contributed by atoms with Crippen LogP contribution in [-0.2, 0) is 0 Å². The van der Waals surface area contributed by atoms with Crippen molar-refractivity contribution in [3.8, 4) is 55.6 Å². The summed E-state index contributed by atoms with van der Waals surface area (Å²) in [6.07, 6.45) is 3.80. The lowest BCUT2D eigenvalue weighted by Crippen LogP contribution is -1.99. The standard InChI is InChI=1S/C77H54/c1-4-22-51(23-5-1)57-44-45-58(52-24-6-2-7-25-52)77(76(57)53-28-8-3-9-29-53)55-41-42-56(50-26-10-11-27-50)70(47-55)54-40-43-69-63-34-16-19-37-66(63)74-48-72-64-35-17-14-32-61(64)59-30-12-13-31-60(59)62-33-15-18-36-65(62)73(72)49-75(74)68-39-21-20-38-67(68)71(69)46-54/h1-9,12-25,28-50H,10-11,26-27H2/i50D. The number of hydrogen-bond acceptors (Lipinski definition) is 0. The van der Waals surface area contributed by atoms with Gasteiger partial charge in [0.2, 0.25) is 0 Å². The zero-order valence-electron chi connectivity index (χ0n) is 43.8. The summed E-state index contributed by atoms with van der Waals surface area (Å²) in [6.45, 7) is 0. The normalized spacial score (nSPS) is 13.5. The lowest BCUT2D eigenvalue weighted by Gasteiger charge is -2.23. The van der Waals surface area contributed by atoms with Gasteiger partial charge < -0.3 is 0 Å². The summed E-state index contributed by atoms with van der Waals surface area (Å²) in [5.74, 6) is -0.704. The minimum atomic E-state index is -0.704. The second-order valence-corrected chi connectivity index (χ2v) is 21.0. The summed E-state index contributed by atoms with van der Waals surface area (Å²) in [7, 11) is 0. The van der Waals surface area contributed by atoms with E-state index in [1.807, 2.05) is 0 Å². The Bertz CT molecular complexity index is 4780. The van der Waals surface area contributed by atoms with Gasteiger partial charge in [-0.25, -0.2) is 0 Å². The van der Waals surface area contributed by atoms with E-state index in [-0.39, 0.29) is 0 Å². The van der Waals surface area contributed by atoms with Crippen molar-refractivity contribution in [2.45, 2.75) is 31.6 Å². The molecule has 0 amide bonds. The van der Waals surface area contributed by atoms with Crippen molar-refractivity contribution >= 4 is 86.2 Å². The summed E-state index contributed by atoms with van der Waals surface area (Å²) in [5.41, 5.74) is 12.8. The second kappa shape index (κ2) is 18.8. The molecule has 0 heteroatoms. The molecular formula is C77H54. The van der Waals surface area contributed by atoms with Gasteiger partial charge in [-0.3, -0.25) is 0 Å². The quantitative estimate of drug-likeness (QED) is 0.156. The maximum absolute atomic E-state index is 10.3. The zero-order valence-corrected chi connectivity index (χ0v) is 42.8. The van der Waals surface area contributed by atoms with E-state index < -0.39 is 5.89 Å². The average Bonchev–Trinajstić information content (AvgIpc) is 4.11. The van der Waals surface area contributed by atoms with Crippen molar-refractivity contribution in [2.75, 3.05) is 0 Å². The van der Waals surface area contributed by atoms with Gasteiger partial charge in [0.15, 0.2) is 0 Å². The van der Waals surface area contributed by atoms with Gasteiger partial charge in [0.1, 0.15) is 0 Å². The van der Waals surface area contributed by atoms with Gasteiger partial charge in [-0.05, 0) is 190 Å². The molecule has 14 aromatic rings. The molecule has 14 aromatic carbocycles. The molecule has 1 saturated carbocycles. The van der Waals surface area contributed by atoms with E-state index in [0.29, 0.717) is 0 Å². The van der Waals surface area contributed by atoms with Crippen LogP contribution in [0.5, 0.6) is 0 Å². The van der Waals surface area contributed by atoms with E-state index in [4.69, 9.17) is 0 Å². The van der Waals surface area contributed by atoms with Gasteiger partial charge in [-0.2, -0.15) is 0 Å². The van der Waals surface area contributed by atoms with E-state index in [0.717, 1.165) is 47.9 Å². The van der Waals surface area contributed by atoms with Gasteiger partial charge in [0.05, 0.1) is 0 Å². The van der Waals surface area contributed by atoms with Crippen LogP contribution >= 0.6 is 0 Å². The first-order valence-corrected chi connectivity index (χ1v) is 27.4. The van der Waals surface area contributed by atoms with Gasteiger partial charge in [-0.1, -0.05) is 262 Å². The highest BCUT2D eigenvalue weighted by atomic mass is 14.3. The van der Waals surface area contributed by atoms with Crippen LogP contribution in [-0.4, -0.2) is 0 Å². The third-order valence-electron chi connectivity index (χ3n) is 16.8. The predicted octanol–water partition coefficient (Wildman–Crippen LogP) is 22.0. The highest BCUT2D eigenvalue weighted by molar-refractivity contribution is 6.32. The van der Waals surface area contributed by atoms with Gasteiger partial charge in [-0.15, -0.1) is 0 Å². The van der Waals surface area contributed by atoms with Crippen LogP contribution in [0.2, 0.25) is 0 Å². The molecule has 1 aliphatic rings. The summed E-state index contributed by atoms with van der Waals surface area (Å²) < 4.78 is 10.3. The van der Waals surface area contributed by atoms with Crippen molar-refractivity contribution in [1.29, 1.82) is 0 Å². The summed E-state index contributed by atoms with van der Waals surface area (Å²) in [4.78, 5) is 0. The fourth-order valence-corrected chi connectivity index (χ4v) is 13.3. The average molecular weight is 980 g/mol. The van der Waals surface area contributed by atoms with Crippen LogP contribution in [0, 0.1) is 0 Å². The topological polar surface area (TPSA) is 0 Å². The Morgan fingerprint density at radius 3 is 0.935 bits per heavy atom. The Morgan fingerprint density at radius 1 is 0.221 bits per heavy atom. The molecule has 0 atom stereocenters. The minimum absolute atomic E-state index is 0.704. The van der Waals surface area contributed by atoms with E-state index in [1.165, 1.54) is 125 Å². The van der Waals surface area contributed by atoms with Crippen molar-refractivity contribution in [2.24, 2.45) is 0 Å². The van der Waals surface area contributed by atoms with Crippen molar-refractivity contribution in [1.82, 2.24) is 0 Å². The number of rotatable bonds is 6. The largest absolute Gasteiger partial charge is 0.0622 e. The summed E-state index contributed by atoms with van der Waals surface area (Å²) in [6, 6.07) is 102. The van der Waals surface area contributed by atoms with Crippen LogP contribution in [0.4, 0.5) is 0 Å². The van der Waals surface area contributed by atoms with Crippen LogP contribution in [0.15, 0.2) is 273 Å². The van der Waals surface area contributed by atoms with Crippen LogP contribution in [0.3, 0.4) is 0 Å². The molecule has 0 heterocycles. The molecule has 77 heavy (non-hydrogen) atoms. The highest BCUT2D eigenvalue weighted by Crippen LogP contribution is 2.49. The maximum atomic E-state index is 10.3. The van der Waals surface area contributed by atoms with Gasteiger partial charge >= 0.3 is 0 Å². The molecule has 0 aliphatic heterocycles. The Balaban J connectivity index is 1.06. The third-order valence-corrected chi connectivity index (χ3v) is 16.8. The fourth-order valence-electron chi connectivity index (χ4n) is 13.3. The molecule has 0 saturated heterocycles. The zero-order chi connectivity index (χ0) is 51.7. The molecular weight excluding hydrogens is 925 g/mol. The number of benzene rings is 12. The lowest BCUT2D eigenvalue weighted by atomic mass is 9.80. The van der Waals surface area contributed by atoms with Crippen molar-refractivity contribution in [3.05, 3.63) is 279 Å². The SMILES string of the molecule is [2H]C1(c2ccc(-c3c(-c4ccccc4)ccc(-c4ccccc4)c3-c3ccccc3)cc2-c2ccc3c4ccccc4c4cc5c6ccccc6c6ccccc6c6ccccc6c5cc4c4ccccc4c3c2)CCCC1. The minimum Gasteiger partial charge on any atom is -0.0622 e. The summed E-state index contributed by atoms with van der Waals surface area (Å²) in [5, 5.41) is 19.6. The Kier molecular flexibility index (Phi) is 10.7. The molecule has 0 N–H and O–H groups in total. The molecule has 0 aromatic heterocycles. The Morgan fingerprint density at radius 2 is 0.532 bits per heavy atom. The van der Waals surface area contributed by atoms with Gasteiger partial charge in [0.25, 0.3) is 0 Å². The Labute approximate surface area is 450 Å². The smallest absolute Gasteiger partial charge is 0.0352 e. The van der Waals surface area contributed by atoms with Crippen molar-refractivity contribution < 1.29 is 1.37 Å². The highest BCUT2D eigenvalue weighted by Gasteiger charge is 2.25. The molecule has 0 bridgehead atoms. The van der Waals surface area contributed by atoms with E-state index in [2.05, 4.69) is 273 Å². The van der Waals surface area contributed by atoms with E-state index in [1.54, 1.807) is 0 Å². The summed E-state index contributed by atoms with van der Waals surface area (Å²) >= 11 is 0. The first kappa shape index (κ1) is 44.0. The van der Waals surface area contributed by atoms with Crippen LogP contribution in [0.25, 0.3) is 142 Å². The molecule has 0 spiro atoms. The Hall–Kier alpha value is -9.36. The van der Waals surface area contributed by atoms with Crippen LogP contribution in [0.1, 0.15) is 38.5 Å². The molecule has 0 unspecified atom stereocenters. The molecule has 15 rings (SSSR count). The maximum Gasteiger partial charge on any atom is 0.0352 e. The monoisotopic (exact) mass is 979 g/mol. The second-order valence-electron chi connectivity index (χ2n) is 21.0. The van der Waals surface area contributed by atoms with Crippen molar-refractivity contribution in [3.63, 3.8) is 0 Å². The molecule has 1 fully saturated rings. The molecule has 0 nitrogen and oxygen atoms in total.